The summed E-state index contributed by atoms with van der Waals surface area (Å²) in [7, 11) is 0. The van der Waals surface area contributed by atoms with E-state index in [4.69, 9.17) is 4.74 Å². The zero-order chi connectivity index (χ0) is 17.4. The number of pyridine rings is 1. The Morgan fingerprint density at radius 1 is 1.38 bits per heavy atom. The molecular weight excluding hydrogens is 304 g/mol. The molecular formula is C18H30N4O2. The van der Waals surface area contributed by atoms with Gasteiger partial charge in [-0.2, -0.15) is 0 Å². The van der Waals surface area contributed by atoms with Gasteiger partial charge in [0.2, 0.25) is 0 Å². The van der Waals surface area contributed by atoms with Crippen LogP contribution in [0.1, 0.15) is 37.6 Å². The molecule has 1 aliphatic heterocycles. The first-order chi connectivity index (χ1) is 11.6. The molecule has 1 aromatic heterocycles. The molecule has 1 amide bonds. The third-order valence-corrected chi connectivity index (χ3v) is 4.31. The van der Waals surface area contributed by atoms with Gasteiger partial charge in [0.25, 0.3) is 5.91 Å². The van der Waals surface area contributed by atoms with Gasteiger partial charge in [0.05, 0.1) is 18.8 Å². The SMILES string of the molecule is CCN(c1ccc(C(=O)NCCCN2CCOCC2)cn1)C(C)C. The summed E-state index contributed by atoms with van der Waals surface area (Å²) < 4.78 is 5.33. The van der Waals surface area contributed by atoms with Gasteiger partial charge < -0.3 is 15.0 Å². The van der Waals surface area contributed by atoms with E-state index in [-0.39, 0.29) is 5.91 Å². The van der Waals surface area contributed by atoms with Crippen LogP contribution in [0.3, 0.4) is 0 Å². The van der Waals surface area contributed by atoms with Crippen molar-refractivity contribution in [2.24, 2.45) is 0 Å². The summed E-state index contributed by atoms with van der Waals surface area (Å²) in [5.41, 5.74) is 0.616. The Bertz CT molecular complexity index is 498. The molecule has 1 saturated heterocycles. The molecule has 0 spiro atoms. The minimum atomic E-state index is -0.0522. The van der Waals surface area contributed by atoms with Crippen molar-refractivity contribution in [3.63, 3.8) is 0 Å². The average molecular weight is 334 g/mol. The van der Waals surface area contributed by atoms with Gasteiger partial charge in [0.15, 0.2) is 0 Å². The summed E-state index contributed by atoms with van der Waals surface area (Å²) in [6.07, 6.45) is 2.62. The predicted molar refractivity (Wildman–Crippen MR) is 96.6 cm³/mol. The summed E-state index contributed by atoms with van der Waals surface area (Å²) in [4.78, 5) is 21.2. The molecule has 0 aliphatic carbocycles. The molecule has 0 bridgehead atoms. The Hall–Kier alpha value is -1.66. The number of morpholine rings is 1. The largest absolute Gasteiger partial charge is 0.379 e. The molecule has 1 N–H and O–H groups in total. The highest BCUT2D eigenvalue weighted by molar-refractivity contribution is 5.94. The number of hydrogen-bond donors (Lipinski definition) is 1. The van der Waals surface area contributed by atoms with E-state index in [0.717, 1.165) is 51.6 Å². The maximum Gasteiger partial charge on any atom is 0.252 e. The summed E-state index contributed by atoms with van der Waals surface area (Å²) in [6, 6.07) is 4.17. The van der Waals surface area contributed by atoms with Crippen LogP contribution in [0.5, 0.6) is 0 Å². The van der Waals surface area contributed by atoms with Gasteiger partial charge in [0, 0.05) is 38.4 Å². The van der Waals surface area contributed by atoms with Crippen LogP contribution in [-0.4, -0.2) is 67.8 Å². The van der Waals surface area contributed by atoms with E-state index in [9.17, 15) is 4.79 Å². The first-order valence-electron chi connectivity index (χ1n) is 8.92. The van der Waals surface area contributed by atoms with Crippen molar-refractivity contribution in [2.75, 3.05) is 50.8 Å². The number of hydrogen-bond acceptors (Lipinski definition) is 5. The van der Waals surface area contributed by atoms with Crippen molar-refractivity contribution in [3.05, 3.63) is 23.9 Å². The van der Waals surface area contributed by atoms with Gasteiger partial charge in [-0.05, 0) is 45.9 Å². The molecule has 6 nitrogen and oxygen atoms in total. The van der Waals surface area contributed by atoms with Crippen molar-refractivity contribution >= 4 is 11.7 Å². The Morgan fingerprint density at radius 3 is 2.71 bits per heavy atom. The standard InChI is InChI=1S/C18H30N4O2/c1-4-22(15(2)3)17-7-6-16(14-20-17)18(23)19-8-5-9-21-10-12-24-13-11-21/h6-7,14-15H,4-5,8-13H2,1-3H3,(H,19,23). The van der Waals surface area contributed by atoms with Crippen LogP contribution in [0.4, 0.5) is 5.82 Å². The zero-order valence-electron chi connectivity index (χ0n) is 15.1. The number of nitrogens with one attached hydrogen (secondary N) is 1. The third-order valence-electron chi connectivity index (χ3n) is 4.31. The number of nitrogens with zero attached hydrogens (tertiary/aromatic N) is 3. The number of amides is 1. The van der Waals surface area contributed by atoms with Crippen LogP contribution in [-0.2, 0) is 4.74 Å². The van der Waals surface area contributed by atoms with Crippen LogP contribution in [0.15, 0.2) is 18.3 Å². The van der Waals surface area contributed by atoms with Gasteiger partial charge in [-0.15, -0.1) is 0 Å². The number of ether oxygens (including phenoxy) is 1. The average Bonchev–Trinajstić information content (AvgIpc) is 2.60. The lowest BCUT2D eigenvalue weighted by Gasteiger charge is -2.26. The predicted octanol–water partition coefficient (Wildman–Crippen LogP) is 1.77. The normalized spacial score (nSPS) is 15.5. The molecule has 0 saturated carbocycles. The summed E-state index contributed by atoms with van der Waals surface area (Å²) in [5.74, 6) is 0.861. The summed E-state index contributed by atoms with van der Waals surface area (Å²) in [6.45, 7) is 12.6. The van der Waals surface area contributed by atoms with Crippen LogP contribution in [0.25, 0.3) is 0 Å². The number of carbonyl (C=O) groups is 1. The van der Waals surface area contributed by atoms with Crippen LogP contribution >= 0.6 is 0 Å². The quantitative estimate of drug-likeness (QED) is 0.734. The second-order valence-electron chi connectivity index (χ2n) is 6.35. The van der Waals surface area contributed by atoms with Gasteiger partial charge >= 0.3 is 0 Å². The topological polar surface area (TPSA) is 57.7 Å². The lowest BCUT2D eigenvalue weighted by Crippen LogP contribution is -2.38. The molecule has 6 heteroatoms. The van der Waals surface area contributed by atoms with E-state index in [1.807, 2.05) is 12.1 Å². The Morgan fingerprint density at radius 2 is 2.12 bits per heavy atom. The summed E-state index contributed by atoms with van der Waals surface area (Å²) >= 11 is 0. The Balaban J connectivity index is 1.75. The van der Waals surface area contributed by atoms with Crippen molar-refractivity contribution in [1.82, 2.24) is 15.2 Å². The number of anilines is 1. The highest BCUT2D eigenvalue weighted by atomic mass is 16.5. The Labute approximate surface area is 145 Å². The van der Waals surface area contributed by atoms with Crippen molar-refractivity contribution in [3.8, 4) is 0 Å². The third kappa shape index (κ3) is 5.46. The van der Waals surface area contributed by atoms with Crippen molar-refractivity contribution in [2.45, 2.75) is 33.2 Å². The molecule has 0 atom stereocenters. The molecule has 0 aromatic carbocycles. The van der Waals surface area contributed by atoms with Crippen molar-refractivity contribution < 1.29 is 9.53 Å². The minimum absolute atomic E-state index is 0.0522. The smallest absolute Gasteiger partial charge is 0.252 e. The van der Waals surface area contributed by atoms with Crippen LogP contribution in [0, 0.1) is 0 Å². The van der Waals surface area contributed by atoms with Gasteiger partial charge in [-0.1, -0.05) is 0 Å². The maximum atomic E-state index is 12.2. The number of carbonyl (C=O) groups excluding carboxylic acids is 1. The lowest BCUT2D eigenvalue weighted by atomic mass is 10.2. The molecule has 0 radical (unpaired) electrons. The van der Waals surface area contributed by atoms with Gasteiger partial charge in [-0.25, -0.2) is 4.98 Å². The Kier molecular flexibility index (Phi) is 7.46. The van der Waals surface area contributed by atoms with E-state index in [2.05, 4.69) is 40.9 Å². The first kappa shape index (κ1) is 18.7. The molecule has 1 aliphatic rings. The zero-order valence-corrected chi connectivity index (χ0v) is 15.1. The van der Waals surface area contributed by atoms with Gasteiger partial charge in [0.1, 0.15) is 5.82 Å². The molecule has 1 fully saturated rings. The molecule has 1 aromatic rings. The molecule has 2 heterocycles. The van der Waals surface area contributed by atoms with Crippen LogP contribution < -0.4 is 10.2 Å². The second-order valence-corrected chi connectivity index (χ2v) is 6.35. The monoisotopic (exact) mass is 334 g/mol. The number of rotatable bonds is 8. The second kappa shape index (κ2) is 9.59. The number of aromatic nitrogens is 1. The van der Waals surface area contributed by atoms with E-state index in [0.29, 0.717) is 18.2 Å². The lowest BCUT2D eigenvalue weighted by molar-refractivity contribution is 0.0374. The summed E-state index contributed by atoms with van der Waals surface area (Å²) in [5, 5.41) is 2.97. The fourth-order valence-corrected chi connectivity index (χ4v) is 2.91. The maximum absolute atomic E-state index is 12.2. The molecule has 0 unspecified atom stereocenters. The minimum Gasteiger partial charge on any atom is -0.379 e. The molecule has 2 rings (SSSR count). The van der Waals surface area contributed by atoms with E-state index in [1.165, 1.54) is 0 Å². The molecule has 134 valence electrons. The highest BCUT2D eigenvalue weighted by Crippen LogP contribution is 2.14. The van der Waals surface area contributed by atoms with E-state index in [1.54, 1.807) is 6.20 Å². The van der Waals surface area contributed by atoms with E-state index < -0.39 is 0 Å². The molecule has 24 heavy (non-hydrogen) atoms. The van der Waals surface area contributed by atoms with Crippen molar-refractivity contribution in [1.29, 1.82) is 0 Å². The van der Waals surface area contributed by atoms with Gasteiger partial charge in [-0.3, -0.25) is 9.69 Å². The fraction of sp³-hybridized carbons (Fsp3) is 0.667. The highest BCUT2D eigenvalue weighted by Gasteiger charge is 2.12. The van der Waals surface area contributed by atoms with E-state index >= 15 is 0 Å². The van der Waals surface area contributed by atoms with Crippen LogP contribution in [0.2, 0.25) is 0 Å². The fourth-order valence-electron chi connectivity index (χ4n) is 2.91. The first-order valence-corrected chi connectivity index (χ1v) is 8.92.